The van der Waals surface area contributed by atoms with E-state index in [1.807, 2.05) is 0 Å². The molecule has 106 valence electrons. The number of piperidine rings is 1. The minimum Gasteiger partial charge on any atom is -0.317 e. The first-order valence-corrected chi connectivity index (χ1v) is 7.99. The molecule has 2 N–H and O–H groups in total. The van der Waals surface area contributed by atoms with Gasteiger partial charge in [-0.2, -0.15) is 0 Å². The summed E-state index contributed by atoms with van der Waals surface area (Å²) in [5.74, 6) is 0. The quantitative estimate of drug-likeness (QED) is 0.784. The fourth-order valence-corrected chi connectivity index (χ4v) is 3.97. The lowest BCUT2D eigenvalue weighted by molar-refractivity contribution is 0.168. The van der Waals surface area contributed by atoms with Gasteiger partial charge < -0.3 is 10.6 Å². The van der Waals surface area contributed by atoms with Crippen LogP contribution in [0, 0.1) is 10.8 Å². The maximum absolute atomic E-state index is 3.90. The van der Waals surface area contributed by atoms with E-state index in [0.29, 0.717) is 10.8 Å². The first-order valence-electron chi connectivity index (χ1n) is 7.99. The molecule has 1 aliphatic heterocycles. The summed E-state index contributed by atoms with van der Waals surface area (Å²) < 4.78 is 0. The first kappa shape index (κ1) is 14.3. The van der Waals surface area contributed by atoms with Gasteiger partial charge >= 0.3 is 0 Å². The van der Waals surface area contributed by atoms with Crippen molar-refractivity contribution in [2.45, 2.75) is 71.8 Å². The van der Waals surface area contributed by atoms with E-state index in [9.17, 15) is 0 Å². The normalized spacial score (nSPS) is 30.5. The molecule has 0 aromatic carbocycles. The zero-order chi connectivity index (χ0) is 13.1. The lowest BCUT2D eigenvalue weighted by atomic mass is 9.75. The summed E-state index contributed by atoms with van der Waals surface area (Å²) in [5.41, 5.74) is 1.16. The van der Waals surface area contributed by atoms with Gasteiger partial charge in [-0.25, -0.2) is 0 Å². The molecule has 0 bridgehead atoms. The summed E-state index contributed by atoms with van der Waals surface area (Å²) in [6.45, 7) is 10.9. The molecule has 18 heavy (non-hydrogen) atoms. The molecule has 0 aromatic heterocycles. The van der Waals surface area contributed by atoms with Crippen LogP contribution in [0.3, 0.4) is 0 Å². The van der Waals surface area contributed by atoms with Crippen LogP contribution in [0.4, 0.5) is 0 Å². The van der Waals surface area contributed by atoms with Crippen LogP contribution in [0.2, 0.25) is 0 Å². The summed E-state index contributed by atoms with van der Waals surface area (Å²) in [6.07, 6.45) is 9.61. The van der Waals surface area contributed by atoms with Gasteiger partial charge in [-0.3, -0.25) is 0 Å². The fraction of sp³-hybridized carbons (Fsp3) is 1.00. The third-order valence-electron chi connectivity index (χ3n) is 5.18. The van der Waals surface area contributed by atoms with Crippen molar-refractivity contribution in [3.8, 4) is 0 Å². The molecule has 1 atom stereocenters. The Bertz CT molecular complexity index is 248. The Morgan fingerprint density at radius 1 is 1.17 bits per heavy atom. The third-order valence-corrected chi connectivity index (χ3v) is 5.18. The highest BCUT2D eigenvalue weighted by atomic mass is 15.0. The maximum atomic E-state index is 3.90. The highest BCUT2D eigenvalue weighted by Gasteiger charge is 2.34. The lowest BCUT2D eigenvalue weighted by Crippen LogP contribution is -2.45. The van der Waals surface area contributed by atoms with E-state index in [-0.39, 0.29) is 0 Å². The highest BCUT2D eigenvalue weighted by Crippen LogP contribution is 2.38. The van der Waals surface area contributed by atoms with Crippen molar-refractivity contribution in [1.29, 1.82) is 0 Å². The molecule has 2 fully saturated rings. The summed E-state index contributed by atoms with van der Waals surface area (Å²) in [6, 6.07) is 0.781. The van der Waals surface area contributed by atoms with Crippen molar-refractivity contribution in [2.24, 2.45) is 10.8 Å². The summed E-state index contributed by atoms with van der Waals surface area (Å²) in [7, 11) is 0. The van der Waals surface area contributed by atoms with Crippen LogP contribution in [0.5, 0.6) is 0 Å². The van der Waals surface area contributed by atoms with E-state index in [1.54, 1.807) is 0 Å². The van der Waals surface area contributed by atoms with Crippen molar-refractivity contribution < 1.29 is 0 Å². The summed E-state index contributed by atoms with van der Waals surface area (Å²) in [5, 5.41) is 7.42. The molecule has 2 aliphatic rings. The predicted molar refractivity (Wildman–Crippen MR) is 78.9 cm³/mol. The maximum Gasteiger partial charge on any atom is 0.00725 e. The molecule has 1 unspecified atom stereocenters. The van der Waals surface area contributed by atoms with Crippen LogP contribution in [-0.2, 0) is 0 Å². The van der Waals surface area contributed by atoms with Gasteiger partial charge in [0, 0.05) is 12.6 Å². The van der Waals surface area contributed by atoms with Gasteiger partial charge in [-0.05, 0) is 62.4 Å². The second-order valence-electron chi connectivity index (χ2n) is 7.48. The molecule has 1 aliphatic carbocycles. The van der Waals surface area contributed by atoms with E-state index in [2.05, 4.69) is 31.4 Å². The minimum absolute atomic E-state index is 0.573. The SMILES string of the molecule is CCCC1(CNC2CCC(C)(C)C2)CCNCC1. The van der Waals surface area contributed by atoms with E-state index in [1.165, 1.54) is 64.6 Å². The van der Waals surface area contributed by atoms with Crippen molar-refractivity contribution in [1.82, 2.24) is 10.6 Å². The van der Waals surface area contributed by atoms with Gasteiger partial charge in [0.1, 0.15) is 0 Å². The second-order valence-corrected chi connectivity index (χ2v) is 7.48. The Balaban J connectivity index is 1.82. The molecule has 0 radical (unpaired) electrons. The monoisotopic (exact) mass is 252 g/mol. The average Bonchev–Trinajstić information content (AvgIpc) is 2.68. The molecule has 1 heterocycles. The third kappa shape index (κ3) is 3.71. The van der Waals surface area contributed by atoms with Gasteiger partial charge in [0.05, 0.1) is 0 Å². The van der Waals surface area contributed by atoms with E-state index in [0.717, 1.165) is 6.04 Å². The van der Waals surface area contributed by atoms with Crippen molar-refractivity contribution in [2.75, 3.05) is 19.6 Å². The molecule has 2 heteroatoms. The van der Waals surface area contributed by atoms with Crippen LogP contribution < -0.4 is 10.6 Å². The molecular formula is C16H32N2. The van der Waals surface area contributed by atoms with Crippen LogP contribution >= 0.6 is 0 Å². The summed E-state index contributed by atoms with van der Waals surface area (Å²) >= 11 is 0. The highest BCUT2D eigenvalue weighted by molar-refractivity contribution is 4.91. The van der Waals surface area contributed by atoms with Gasteiger partial charge in [-0.15, -0.1) is 0 Å². The molecule has 2 nitrogen and oxygen atoms in total. The number of hydrogen-bond donors (Lipinski definition) is 2. The number of rotatable bonds is 5. The molecule has 2 rings (SSSR count). The van der Waals surface area contributed by atoms with Crippen molar-refractivity contribution in [3.05, 3.63) is 0 Å². The predicted octanol–water partition coefficient (Wildman–Crippen LogP) is 3.32. The second kappa shape index (κ2) is 5.92. The fourth-order valence-electron chi connectivity index (χ4n) is 3.97. The standard InChI is InChI=1S/C16H32N2/c1-4-6-16(8-10-17-11-9-16)13-18-14-5-7-15(2,3)12-14/h14,17-18H,4-13H2,1-3H3. The van der Waals surface area contributed by atoms with Crippen LogP contribution in [0.1, 0.15) is 65.7 Å². The van der Waals surface area contributed by atoms with Crippen LogP contribution in [0.15, 0.2) is 0 Å². The largest absolute Gasteiger partial charge is 0.317 e. The average molecular weight is 252 g/mol. The molecule has 0 amide bonds. The smallest absolute Gasteiger partial charge is 0.00725 e. The van der Waals surface area contributed by atoms with Crippen LogP contribution in [0.25, 0.3) is 0 Å². The summed E-state index contributed by atoms with van der Waals surface area (Å²) in [4.78, 5) is 0. The van der Waals surface area contributed by atoms with E-state index < -0.39 is 0 Å². The zero-order valence-corrected chi connectivity index (χ0v) is 12.6. The van der Waals surface area contributed by atoms with Gasteiger partial charge in [-0.1, -0.05) is 27.2 Å². The van der Waals surface area contributed by atoms with Crippen molar-refractivity contribution >= 4 is 0 Å². The van der Waals surface area contributed by atoms with E-state index in [4.69, 9.17) is 0 Å². The molecule has 1 saturated carbocycles. The zero-order valence-electron chi connectivity index (χ0n) is 12.6. The van der Waals surface area contributed by atoms with E-state index >= 15 is 0 Å². The Labute approximate surface area is 113 Å². The molecule has 0 spiro atoms. The number of nitrogens with one attached hydrogen (secondary N) is 2. The topological polar surface area (TPSA) is 24.1 Å². The molecular weight excluding hydrogens is 220 g/mol. The van der Waals surface area contributed by atoms with Crippen LogP contribution in [-0.4, -0.2) is 25.7 Å². The number of hydrogen-bond acceptors (Lipinski definition) is 2. The lowest BCUT2D eigenvalue weighted by Gasteiger charge is -2.39. The van der Waals surface area contributed by atoms with Gasteiger partial charge in [0.2, 0.25) is 0 Å². The Hall–Kier alpha value is -0.0800. The minimum atomic E-state index is 0.573. The van der Waals surface area contributed by atoms with Gasteiger partial charge in [0.15, 0.2) is 0 Å². The molecule has 1 saturated heterocycles. The Morgan fingerprint density at radius 3 is 2.44 bits per heavy atom. The Morgan fingerprint density at radius 2 is 1.89 bits per heavy atom. The Kier molecular flexibility index (Phi) is 4.71. The molecule has 0 aromatic rings. The van der Waals surface area contributed by atoms with Crippen molar-refractivity contribution in [3.63, 3.8) is 0 Å². The van der Waals surface area contributed by atoms with Gasteiger partial charge in [0.25, 0.3) is 0 Å². The first-order chi connectivity index (χ1) is 8.55.